The maximum absolute atomic E-state index is 13.4. The van der Waals surface area contributed by atoms with Crippen LogP contribution < -0.4 is 0 Å². The van der Waals surface area contributed by atoms with Crippen LogP contribution >= 0.6 is 11.3 Å². The van der Waals surface area contributed by atoms with Crippen molar-refractivity contribution >= 4 is 32.3 Å². The number of fused-ring (bicyclic) bond motifs is 1. The van der Waals surface area contributed by atoms with Crippen LogP contribution in [0.2, 0.25) is 0 Å². The molecule has 3 aromatic rings. The van der Waals surface area contributed by atoms with Gasteiger partial charge in [-0.2, -0.15) is 4.31 Å². The summed E-state index contributed by atoms with van der Waals surface area (Å²) in [6, 6.07) is 8.09. The van der Waals surface area contributed by atoms with Crippen molar-refractivity contribution in [2.45, 2.75) is 35.8 Å². The Hall–Kier alpha value is -1.81. The predicted molar refractivity (Wildman–Crippen MR) is 118 cm³/mol. The van der Waals surface area contributed by atoms with Gasteiger partial charge in [-0.3, -0.25) is 0 Å². The Kier molecular flexibility index (Phi) is 5.85. The Bertz CT molecular complexity index is 1130. The van der Waals surface area contributed by atoms with Crippen LogP contribution in [-0.2, 0) is 10.0 Å². The van der Waals surface area contributed by atoms with Crippen LogP contribution in [-0.4, -0.2) is 55.5 Å². The summed E-state index contributed by atoms with van der Waals surface area (Å²) >= 11 is 1.28. The Morgan fingerprint density at radius 1 is 1.10 bits per heavy atom. The zero-order valence-electron chi connectivity index (χ0n) is 17.2. The molecule has 0 N–H and O–H groups in total. The molecule has 0 spiro atoms. The van der Waals surface area contributed by atoms with Crippen LogP contribution in [0.15, 0.2) is 44.4 Å². The topological polar surface area (TPSA) is 66.7 Å². The average molecular weight is 464 g/mol. The van der Waals surface area contributed by atoms with Gasteiger partial charge in [-0.15, -0.1) is 11.3 Å². The minimum atomic E-state index is -3.33. The second-order valence-electron chi connectivity index (χ2n) is 8.56. The summed E-state index contributed by atoms with van der Waals surface area (Å²) in [6.07, 6.45) is 3.82. The molecule has 5 rings (SSSR count). The number of aromatic nitrogens is 1. The highest BCUT2D eigenvalue weighted by atomic mass is 32.2. The smallest absolute Gasteiger partial charge is 0.252 e. The number of likely N-dealkylation sites (tertiary alicyclic amines) is 1. The van der Waals surface area contributed by atoms with Crippen LogP contribution in [0.5, 0.6) is 0 Å². The van der Waals surface area contributed by atoms with Crippen molar-refractivity contribution in [2.75, 3.05) is 32.7 Å². The van der Waals surface area contributed by atoms with Gasteiger partial charge in [0.15, 0.2) is 5.58 Å². The number of piperidine rings is 2. The van der Waals surface area contributed by atoms with Gasteiger partial charge >= 0.3 is 0 Å². The van der Waals surface area contributed by atoms with Crippen LogP contribution in [0.3, 0.4) is 0 Å². The molecule has 0 radical (unpaired) electrons. The molecular weight excluding hydrogens is 437 g/mol. The summed E-state index contributed by atoms with van der Waals surface area (Å²) in [7, 11) is -3.33. The van der Waals surface area contributed by atoms with Gasteiger partial charge in [-0.1, -0.05) is 11.2 Å². The molecule has 1 aromatic carbocycles. The quantitative estimate of drug-likeness (QED) is 0.564. The first-order chi connectivity index (χ1) is 15.0. The van der Waals surface area contributed by atoms with Gasteiger partial charge in [0, 0.05) is 37.0 Å². The Morgan fingerprint density at radius 2 is 1.87 bits per heavy atom. The fraction of sp³-hybridized carbons (Fsp3) is 0.500. The Morgan fingerprint density at radius 3 is 2.58 bits per heavy atom. The summed E-state index contributed by atoms with van der Waals surface area (Å²) < 4.78 is 46.2. The molecule has 0 aliphatic carbocycles. The molecule has 0 amide bonds. The van der Waals surface area contributed by atoms with E-state index in [1.165, 1.54) is 23.5 Å². The maximum Gasteiger partial charge on any atom is 0.252 e. The molecule has 2 aliphatic rings. The molecule has 166 valence electrons. The van der Waals surface area contributed by atoms with Crippen LogP contribution in [0.1, 0.15) is 37.3 Å². The van der Waals surface area contributed by atoms with E-state index in [0.717, 1.165) is 56.4 Å². The zero-order valence-corrected chi connectivity index (χ0v) is 18.9. The first-order valence-electron chi connectivity index (χ1n) is 10.8. The van der Waals surface area contributed by atoms with Crippen molar-refractivity contribution in [3.63, 3.8) is 0 Å². The summed E-state index contributed by atoms with van der Waals surface area (Å²) in [5.74, 6) is 0.558. The van der Waals surface area contributed by atoms with E-state index >= 15 is 0 Å². The predicted octanol–water partition coefficient (Wildman–Crippen LogP) is 4.31. The molecule has 2 saturated heterocycles. The fourth-order valence-electron chi connectivity index (χ4n) is 4.85. The van der Waals surface area contributed by atoms with Crippen molar-refractivity contribution in [1.29, 1.82) is 0 Å². The van der Waals surface area contributed by atoms with E-state index < -0.39 is 10.0 Å². The number of halogens is 1. The average Bonchev–Trinajstić information content (AvgIpc) is 3.45. The monoisotopic (exact) mass is 463 g/mol. The molecule has 4 heterocycles. The molecule has 0 saturated carbocycles. The summed E-state index contributed by atoms with van der Waals surface area (Å²) in [4.78, 5) is 2.49. The number of hydrogen-bond acceptors (Lipinski definition) is 6. The van der Waals surface area contributed by atoms with Crippen molar-refractivity contribution in [2.24, 2.45) is 5.92 Å². The molecule has 0 unspecified atom stereocenters. The van der Waals surface area contributed by atoms with Crippen LogP contribution in [0.4, 0.5) is 4.39 Å². The SMILES string of the molecule is O=S(=O)(c1cccs1)N1CCC(CN2CCC(c3noc4cc(F)ccc34)CC2)CC1. The molecule has 2 fully saturated rings. The zero-order chi connectivity index (χ0) is 21.4. The fourth-order valence-corrected chi connectivity index (χ4v) is 7.46. The molecule has 0 bridgehead atoms. The van der Waals surface area contributed by atoms with E-state index in [1.54, 1.807) is 22.5 Å². The van der Waals surface area contributed by atoms with E-state index in [2.05, 4.69) is 10.1 Å². The number of benzene rings is 1. The van der Waals surface area contributed by atoms with Crippen LogP contribution in [0.25, 0.3) is 11.0 Å². The number of thiophene rings is 1. The molecule has 2 aromatic heterocycles. The number of nitrogens with zero attached hydrogens (tertiary/aromatic N) is 3. The van der Waals surface area contributed by atoms with Crippen molar-refractivity contribution in [1.82, 2.24) is 14.4 Å². The lowest BCUT2D eigenvalue weighted by Crippen LogP contribution is -2.43. The largest absolute Gasteiger partial charge is 0.356 e. The molecular formula is C22H26FN3O3S2. The lowest BCUT2D eigenvalue weighted by molar-refractivity contribution is 0.152. The summed E-state index contributed by atoms with van der Waals surface area (Å²) in [6.45, 7) is 4.21. The van der Waals surface area contributed by atoms with Gasteiger partial charge < -0.3 is 9.42 Å². The minimum absolute atomic E-state index is 0.306. The molecule has 6 nitrogen and oxygen atoms in total. The van der Waals surface area contributed by atoms with E-state index in [-0.39, 0.29) is 5.82 Å². The number of hydrogen-bond donors (Lipinski definition) is 0. The normalized spacial score (nSPS) is 20.5. The summed E-state index contributed by atoms with van der Waals surface area (Å²) in [5.41, 5.74) is 1.46. The maximum atomic E-state index is 13.4. The third-order valence-electron chi connectivity index (χ3n) is 6.62. The van der Waals surface area contributed by atoms with Crippen molar-refractivity contribution in [3.05, 3.63) is 47.2 Å². The summed E-state index contributed by atoms with van der Waals surface area (Å²) in [5, 5.41) is 6.96. The first-order valence-corrected chi connectivity index (χ1v) is 13.1. The van der Waals surface area contributed by atoms with E-state index in [9.17, 15) is 12.8 Å². The highest BCUT2D eigenvalue weighted by molar-refractivity contribution is 7.91. The molecule has 9 heteroatoms. The lowest BCUT2D eigenvalue weighted by atomic mass is 9.90. The molecule has 2 aliphatic heterocycles. The number of sulfonamides is 1. The number of rotatable bonds is 5. The molecule has 31 heavy (non-hydrogen) atoms. The van der Waals surface area contributed by atoms with Gasteiger partial charge in [-0.25, -0.2) is 12.8 Å². The standard InChI is InChI=1S/C22H26FN3O3S2/c23-18-3-4-19-20(14-18)29-24-22(19)17-7-9-25(10-8-17)15-16-5-11-26(12-6-16)31(27,28)21-2-1-13-30-21/h1-4,13-14,16-17H,5-12,15H2. The van der Waals surface area contributed by atoms with Crippen LogP contribution in [0, 0.1) is 11.7 Å². The highest BCUT2D eigenvalue weighted by Gasteiger charge is 2.32. The Labute approximate surface area is 185 Å². The van der Waals surface area contributed by atoms with Gasteiger partial charge in [0.05, 0.1) is 5.69 Å². The van der Waals surface area contributed by atoms with E-state index in [4.69, 9.17) is 4.52 Å². The van der Waals surface area contributed by atoms with Gasteiger partial charge in [-0.05, 0) is 68.3 Å². The van der Waals surface area contributed by atoms with Crippen molar-refractivity contribution < 1.29 is 17.3 Å². The second-order valence-corrected chi connectivity index (χ2v) is 11.7. The van der Waals surface area contributed by atoms with Gasteiger partial charge in [0.1, 0.15) is 10.0 Å². The third-order valence-corrected chi connectivity index (χ3v) is 9.89. The minimum Gasteiger partial charge on any atom is -0.356 e. The third kappa shape index (κ3) is 4.28. The second kappa shape index (κ2) is 8.61. The van der Waals surface area contributed by atoms with E-state index in [1.807, 2.05) is 5.38 Å². The Balaban J connectivity index is 1.13. The van der Waals surface area contributed by atoms with Crippen molar-refractivity contribution in [3.8, 4) is 0 Å². The lowest BCUT2D eigenvalue weighted by Gasteiger charge is -2.37. The first kappa shape index (κ1) is 21.1. The highest BCUT2D eigenvalue weighted by Crippen LogP contribution is 2.34. The van der Waals surface area contributed by atoms with E-state index in [0.29, 0.717) is 34.7 Å². The molecule has 0 atom stereocenters. The van der Waals surface area contributed by atoms with Gasteiger partial charge in [0.25, 0.3) is 10.0 Å². The van der Waals surface area contributed by atoms with Gasteiger partial charge in [0.2, 0.25) is 0 Å².